The molecule has 0 aliphatic rings. The molecule has 1 rings (SSSR count). The molecule has 5 heteroatoms. The summed E-state index contributed by atoms with van der Waals surface area (Å²) in [6.07, 6.45) is 0. The van der Waals surface area contributed by atoms with Gasteiger partial charge in [-0.1, -0.05) is 6.07 Å². The first-order valence-electron chi connectivity index (χ1n) is 5.09. The maximum absolute atomic E-state index is 13.3. The molecular weight excluding hydrogens is 211 g/mol. The molecule has 0 aliphatic carbocycles. The number of hydrogen-bond donors (Lipinski definition) is 2. The number of ether oxygens (including phenoxy) is 1. The molecule has 0 saturated carbocycles. The van der Waals surface area contributed by atoms with Gasteiger partial charge in [0.1, 0.15) is 5.82 Å². The van der Waals surface area contributed by atoms with Crippen LogP contribution in [0.15, 0.2) is 18.2 Å². The molecule has 0 atom stereocenters. The lowest BCUT2D eigenvalue weighted by Crippen LogP contribution is -2.31. The fourth-order valence-corrected chi connectivity index (χ4v) is 1.48. The second kappa shape index (κ2) is 6.30. The van der Waals surface area contributed by atoms with Crippen molar-refractivity contribution in [2.45, 2.75) is 0 Å². The molecule has 4 nitrogen and oxygen atoms in total. The monoisotopic (exact) mass is 228 g/mol. The Morgan fingerprint density at radius 3 is 2.81 bits per heavy atom. The van der Waals surface area contributed by atoms with Crippen LogP contribution in [-0.2, 0) is 4.74 Å². The molecule has 0 aliphatic heterocycles. The van der Waals surface area contributed by atoms with Crippen molar-refractivity contribution < 1.29 is 14.2 Å². The van der Waals surface area contributed by atoms with Crippen molar-refractivity contribution in [3.05, 3.63) is 24.0 Å². The maximum atomic E-state index is 13.3. The van der Waals surface area contributed by atoms with Gasteiger partial charge in [-0.05, 0) is 12.1 Å². The van der Waals surface area contributed by atoms with Crippen LogP contribution in [0.1, 0.15) is 0 Å². The zero-order valence-electron chi connectivity index (χ0n) is 9.32. The van der Waals surface area contributed by atoms with Crippen molar-refractivity contribution in [2.24, 2.45) is 0 Å². The van der Waals surface area contributed by atoms with Gasteiger partial charge in [0.2, 0.25) is 0 Å². The minimum atomic E-state index is -0.446. The highest BCUT2D eigenvalue weighted by molar-refractivity contribution is 5.68. The van der Waals surface area contributed by atoms with E-state index in [0.717, 1.165) is 0 Å². The van der Waals surface area contributed by atoms with E-state index in [-0.39, 0.29) is 12.3 Å². The molecule has 0 radical (unpaired) electrons. The molecule has 0 bridgehead atoms. The maximum Gasteiger partial charge on any atom is 0.148 e. The smallest absolute Gasteiger partial charge is 0.148 e. The number of aliphatic hydroxyl groups is 1. The van der Waals surface area contributed by atoms with Crippen molar-refractivity contribution in [1.29, 1.82) is 0 Å². The van der Waals surface area contributed by atoms with E-state index in [9.17, 15) is 4.39 Å². The number of aliphatic hydroxyl groups excluding tert-OH is 1. The molecule has 0 aromatic heterocycles. The van der Waals surface area contributed by atoms with Gasteiger partial charge >= 0.3 is 0 Å². The predicted molar refractivity (Wildman–Crippen MR) is 62.0 cm³/mol. The zero-order chi connectivity index (χ0) is 12.0. The molecule has 0 spiro atoms. The van der Waals surface area contributed by atoms with Crippen LogP contribution in [0.3, 0.4) is 0 Å². The summed E-state index contributed by atoms with van der Waals surface area (Å²) in [6, 6.07) is 4.63. The number of benzene rings is 1. The predicted octanol–water partition coefficient (Wildman–Crippen LogP) is 0.853. The number of nitrogens with two attached hydrogens (primary N) is 1. The average Bonchev–Trinajstić information content (AvgIpc) is 2.28. The Balaban J connectivity index is 2.86. The van der Waals surface area contributed by atoms with Crippen molar-refractivity contribution >= 4 is 11.4 Å². The van der Waals surface area contributed by atoms with Crippen LogP contribution in [0.2, 0.25) is 0 Å². The molecule has 1 aromatic rings. The second-order valence-corrected chi connectivity index (χ2v) is 3.38. The number of nitrogens with zero attached hydrogens (tertiary/aromatic N) is 1. The third-order valence-electron chi connectivity index (χ3n) is 2.31. The normalized spacial score (nSPS) is 10.4. The number of halogens is 1. The second-order valence-electron chi connectivity index (χ2n) is 3.38. The summed E-state index contributed by atoms with van der Waals surface area (Å²) in [5.41, 5.74) is 6.34. The van der Waals surface area contributed by atoms with Crippen molar-refractivity contribution in [3.8, 4) is 0 Å². The fraction of sp³-hybridized carbons (Fsp3) is 0.455. The van der Waals surface area contributed by atoms with Gasteiger partial charge in [0.25, 0.3) is 0 Å². The largest absolute Gasteiger partial charge is 0.395 e. The quantitative estimate of drug-likeness (QED) is 0.709. The van der Waals surface area contributed by atoms with Crippen LogP contribution < -0.4 is 10.6 Å². The van der Waals surface area contributed by atoms with Crippen molar-refractivity contribution in [2.75, 3.05) is 44.0 Å². The average molecular weight is 228 g/mol. The summed E-state index contributed by atoms with van der Waals surface area (Å²) >= 11 is 0. The van der Waals surface area contributed by atoms with Gasteiger partial charge < -0.3 is 20.5 Å². The lowest BCUT2D eigenvalue weighted by molar-refractivity contribution is 0.203. The van der Waals surface area contributed by atoms with E-state index in [1.54, 1.807) is 24.1 Å². The van der Waals surface area contributed by atoms with Crippen LogP contribution in [-0.4, -0.2) is 38.5 Å². The minimum Gasteiger partial charge on any atom is -0.395 e. The molecule has 0 heterocycles. The highest BCUT2D eigenvalue weighted by Gasteiger charge is 2.11. The summed E-state index contributed by atoms with van der Waals surface area (Å²) in [6.45, 7) is 1.44. The zero-order valence-corrected chi connectivity index (χ0v) is 9.32. The van der Waals surface area contributed by atoms with Gasteiger partial charge in [-0.15, -0.1) is 0 Å². The molecule has 0 amide bonds. The van der Waals surface area contributed by atoms with E-state index < -0.39 is 5.82 Å². The molecule has 16 heavy (non-hydrogen) atoms. The first kappa shape index (κ1) is 12.7. The van der Waals surface area contributed by atoms with Gasteiger partial charge in [0, 0.05) is 20.2 Å². The lowest BCUT2D eigenvalue weighted by atomic mass is 10.2. The van der Waals surface area contributed by atoms with Crippen LogP contribution in [0.25, 0.3) is 0 Å². The Hall–Kier alpha value is -1.33. The molecular formula is C11H17FN2O2. The first-order valence-corrected chi connectivity index (χ1v) is 5.09. The highest BCUT2D eigenvalue weighted by atomic mass is 19.1. The van der Waals surface area contributed by atoms with Crippen LogP contribution in [0.5, 0.6) is 0 Å². The van der Waals surface area contributed by atoms with Gasteiger partial charge in [-0.2, -0.15) is 0 Å². The SMILES string of the molecule is COCCN(CCO)c1cccc(F)c1N. The third kappa shape index (κ3) is 3.08. The Morgan fingerprint density at radius 2 is 2.19 bits per heavy atom. The summed E-state index contributed by atoms with van der Waals surface area (Å²) in [7, 11) is 1.59. The Morgan fingerprint density at radius 1 is 1.44 bits per heavy atom. The van der Waals surface area contributed by atoms with E-state index in [1.807, 2.05) is 0 Å². The Labute approximate surface area is 94.4 Å². The number of nitrogen functional groups attached to an aromatic ring is 1. The number of para-hydroxylation sites is 1. The van der Waals surface area contributed by atoms with E-state index in [1.165, 1.54) is 6.07 Å². The summed E-state index contributed by atoms with van der Waals surface area (Å²) in [5.74, 6) is -0.446. The standard InChI is InChI=1S/C11H17FN2O2/c1-16-8-6-14(5-7-15)10-4-2-3-9(12)11(10)13/h2-4,15H,5-8,13H2,1H3. The van der Waals surface area contributed by atoms with Crippen LogP contribution in [0.4, 0.5) is 15.8 Å². The number of rotatable bonds is 6. The Kier molecular flexibility index (Phi) is 5.01. The molecule has 1 aromatic carbocycles. The molecule has 3 N–H and O–H groups in total. The molecule has 0 unspecified atom stereocenters. The minimum absolute atomic E-state index is 0.0142. The number of hydrogen-bond acceptors (Lipinski definition) is 4. The van der Waals surface area contributed by atoms with E-state index in [4.69, 9.17) is 15.6 Å². The van der Waals surface area contributed by atoms with Crippen molar-refractivity contribution in [3.63, 3.8) is 0 Å². The van der Waals surface area contributed by atoms with Gasteiger partial charge in [-0.3, -0.25) is 0 Å². The van der Waals surface area contributed by atoms with Crippen LogP contribution in [0, 0.1) is 5.82 Å². The van der Waals surface area contributed by atoms with Gasteiger partial charge in [0.05, 0.1) is 24.6 Å². The van der Waals surface area contributed by atoms with E-state index >= 15 is 0 Å². The summed E-state index contributed by atoms with van der Waals surface area (Å²) < 4.78 is 18.2. The first-order chi connectivity index (χ1) is 7.70. The van der Waals surface area contributed by atoms with Gasteiger partial charge in [-0.25, -0.2) is 4.39 Å². The molecule has 90 valence electrons. The fourth-order valence-electron chi connectivity index (χ4n) is 1.48. The molecule has 0 saturated heterocycles. The topological polar surface area (TPSA) is 58.7 Å². The number of methoxy groups -OCH3 is 1. The molecule has 0 fully saturated rings. The van der Waals surface area contributed by atoms with E-state index in [2.05, 4.69) is 0 Å². The lowest BCUT2D eigenvalue weighted by Gasteiger charge is -2.25. The Bertz CT molecular complexity index is 334. The summed E-state index contributed by atoms with van der Waals surface area (Å²) in [4.78, 5) is 1.79. The van der Waals surface area contributed by atoms with Crippen LogP contribution >= 0.6 is 0 Å². The van der Waals surface area contributed by atoms with E-state index in [0.29, 0.717) is 25.4 Å². The third-order valence-corrected chi connectivity index (χ3v) is 2.31. The number of anilines is 2. The van der Waals surface area contributed by atoms with Crippen molar-refractivity contribution in [1.82, 2.24) is 0 Å². The highest BCUT2D eigenvalue weighted by Crippen LogP contribution is 2.25. The summed E-state index contributed by atoms with van der Waals surface area (Å²) in [5, 5.41) is 8.94. The van der Waals surface area contributed by atoms with Gasteiger partial charge in [0.15, 0.2) is 0 Å².